The van der Waals surface area contributed by atoms with E-state index in [-0.39, 0.29) is 13.0 Å². The Kier molecular flexibility index (Phi) is 6.49. The summed E-state index contributed by atoms with van der Waals surface area (Å²) >= 11 is 0. The number of hydrogen-bond acceptors (Lipinski definition) is 4. The van der Waals surface area contributed by atoms with E-state index in [2.05, 4.69) is 5.32 Å². The van der Waals surface area contributed by atoms with E-state index in [4.69, 9.17) is 9.47 Å². The van der Waals surface area contributed by atoms with Crippen LogP contribution in [0.25, 0.3) is 0 Å². The van der Waals surface area contributed by atoms with Gasteiger partial charge in [0.2, 0.25) is 0 Å². The zero-order chi connectivity index (χ0) is 19.2. The monoisotopic (exact) mass is 367 g/mol. The van der Waals surface area contributed by atoms with E-state index in [9.17, 15) is 18.0 Å². The van der Waals surface area contributed by atoms with Gasteiger partial charge in [-0.3, -0.25) is 4.79 Å². The van der Waals surface area contributed by atoms with Crippen molar-refractivity contribution in [3.05, 3.63) is 59.7 Å². The third kappa shape index (κ3) is 5.40. The number of rotatable bonds is 7. The first kappa shape index (κ1) is 19.6. The average Bonchev–Trinajstić information content (AvgIpc) is 2.61. The molecule has 0 bridgehead atoms. The van der Waals surface area contributed by atoms with E-state index in [1.165, 1.54) is 12.1 Å². The standard InChI is InChI=1S/C19H20F3NO3/c1-3-26-18(24)12-17(23-15-8-10-16(25-2)11-9-15)13-4-6-14(7-5-13)19(20,21)22/h4-11,17,23H,3,12H2,1-2H3/t17-/m0/s1. The number of hydrogen-bond donors (Lipinski definition) is 1. The van der Waals surface area contributed by atoms with E-state index >= 15 is 0 Å². The molecular formula is C19H20F3NO3. The smallest absolute Gasteiger partial charge is 0.416 e. The van der Waals surface area contributed by atoms with Crippen LogP contribution in [0.15, 0.2) is 48.5 Å². The summed E-state index contributed by atoms with van der Waals surface area (Å²) in [6.45, 7) is 1.93. The molecule has 0 saturated carbocycles. The Morgan fingerprint density at radius 2 is 1.69 bits per heavy atom. The number of benzene rings is 2. The lowest BCUT2D eigenvalue weighted by atomic mass is 10.0. The number of anilines is 1. The van der Waals surface area contributed by atoms with Gasteiger partial charge in [0.1, 0.15) is 5.75 Å². The number of carbonyl (C=O) groups excluding carboxylic acids is 1. The highest BCUT2D eigenvalue weighted by molar-refractivity contribution is 5.71. The third-order valence-corrected chi connectivity index (χ3v) is 3.75. The number of alkyl halides is 3. The summed E-state index contributed by atoms with van der Waals surface area (Å²) in [5, 5.41) is 3.16. The molecule has 2 rings (SSSR count). The van der Waals surface area contributed by atoms with Gasteiger partial charge in [0.05, 0.1) is 31.7 Å². The summed E-state index contributed by atoms with van der Waals surface area (Å²) in [5.41, 5.74) is 0.530. The Bertz CT molecular complexity index is 712. The van der Waals surface area contributed by atoms with Crippen molar-refractivity contribution >= 4 is 11.7 Å². The molecule has 0 unspecified atom stereocenters. The molecule has 140 valence electrons. The van der Waals surface area contributed by atoms with Gasteiger partial charge >= 0.3 is 12.1 Å². The van der Waals surface area contributed by atoms with Crippen LogP contribution in [0.3, 0.4) is 0 Å². The van der Waals surface area contributed by atoms with Crippen LogP contribution in [0.2, 0.25) is 0 Å². The molecule has 0 saturated heterocycles. The Morgan fingerprint density at radius 3 is 2.19 bits per heavy atom. The largest absolute Gasteiger partial charge is 0.497 e. The topological polar surface area (TPSA) is 47.6 Å². The minimum atomic E-state index is -4.40. The van der Waals surface area contributed by atoms with Crippen LogP contribution in [-0.2, 0) is 15.7 Å². The van der Waals surface area contributed by atoms with Crippen molar-refractivity contribution < 1.29 is 27.4 Å². The normalized spacial score (nSPS) is 12.3. The molecule has 0 aromatic heterocycles. The highest BCUT2D eigenvalue weighted by atomic mass is 19.4. The lowest BCUT2D eigenvalue weighted by Crippen LogP contribution is -2.17. The lowest BCUT2D eigenvalue weighted by molar-refractivity contribution is -0.143. The fourth-order valence-electron chi connectivity index (χ4n) is 2.43. The molecule has 1 atom stereocenters. The summed E-state index contributed by atoms with van der Waals surface area (Å²) in [5.74, 6) is 0.241. The fraction of sp³-hybridized carbons (Fsp3) is 0.316. The number of ether oxygens (including phenoxy) is 2. The van der Waals surface area contributed by atoms with Crippen LogP contribution in [-0.4, -0.2) is 19.7 Å². The van der Waals surface area contributed by atoms with Crippen LogP contribution in [0.5, 0.6) is 5.75 Å². The predicted molar refractivity (Wildman–Crippen MR) is 92.1 cm³/mol. The number of halogens is 3. The molecule has 0 spiro atoms. The summed E-state index contributed by atoms with van der Waals surface area (Å²) in [7, 11) is 1.55. The van der Waals surface area contributed by atoms with Crippen LogP contribution in [0.4, 0.5) is 18.9 Å². The predicted octanol–water partition coefficient (Wildman–Crippen LogP) is 4.82. The first-order valence-corrected chi connectivity index (χ1v) is 8.07. The fourth-order valence-corrected chi connectivity index (χ4v) is 2.43. The molecule has 4 nitrogen and oxygen atoms in total. The van der Waals surface area contributed by atoms with Crippen molar-refractivity contribution in [2.24, 2.45) is 0 Å². The van der Waals surface area contributed by atoms with Gasteiger partial charge in [-0.1, -0.05) is 12.1 Å². The molecule has 0 radical (unpaired) electrons. The quantitative estimate of drug-likeness (QED) is 0.713. The van der Waals surface area contributed by atoms with Crippen molar-refractivity contribution in [2.45, 2.75) is 25.6 Å². The van der Waals surface area contributed by atoms with Crippen molar-refractivity contribution in [2.75, 3.05) is 19.0 Å². The van der Waals surface area contributed by atoms with E-state index in [1.807, 2.05) is 0 Å². The van der Waals surface area contributed by atoms with Gasteiger partial charge in [-0.25, -0.2) is 0 Å². The van der Waals surface area contributed by atoms with E-state index in [1.54, 1.807) is 38.3 Å². The number of esters is 1. The molecule has 0 amide bonds. The molecule has 0 heterocycles. The average molecular weight is 367 g/mol. The minimum absolute atomic E-state index is 0.00870. The molecular weight excluding hydrogens is 347 g/mol. The second-order valence-corrected chi connectivity index (χ2v) is 5.55. The third-order valence-electron chi connectivity index (χ3n) is 3.75. The van der Waals surface area contributed by atoms with Gasteiger partial charge < -0.3 is 14.8 Å². The van der Waals surface area contributed by atoms with Crippen LogP contribution < -0.4 is 10.1 Å². The molecule has 2 aromatic rings. The summed E-state index contributed by atoms with van der Waals surface area (Å²) in [6.07, 6.45) is -4.41. The Labute approximate surface area is 149 Å². The Morgan fingerprint density at radius 1 is 1.08 bits per heavy atom. The molecule has 1 N–H and O–H groups in total. The van der Waals surface area contributed by atoms with Crippen LogP contribution >= 0.6 is 0 Å². The molecule has 2 aromatic carbocycles. The molecule has 0 aliphatic rings. The van der Waals surface area contributed by atoms with Crippen LogP contribution in [0.1, 0.15) is 30.5 Å². The van der Waals surface area contributed by atoms with Crippen molar-refractivity contribution in [1.29, 1.82) is 0 Å². The van der Waals surface area contributed by atoms with Crippen molar-refractivity contribution in [3.8, 4) is 5.75 Å². The molecule has 26 heavy (non-hydrogen) atoms. The number of methoxy groups -OCH3 is 1. The van der Waals surface area contributed by atoms with Gasteiger partial charge in [-0.05, 0) is 48.9 Å². The summed E-state index contributed by atoms with van der Waals surface area (Å²) in [4.78, 5) is 11.9. The maximum absolute atomic E-state index is 12.7. The maximum atomic E-state index is 12.7. The van der Waals surface area contributed by atoms with Crippen molar-refractivity contribution in [3.63, 3.8) is 0 Å². The molecule has 7 heteroatoms. The highest BCUT2D eigenvalue weighted by Gasteiger charge is 2.30. The second kappa shape index (κ2) is 8.60. The SMILES string of the molecule is CCOC(=O)C[C@H](Nc1ccc(OC)cc1)c1ccc(C(F)(F)F)cc1. The first-order chi connectivity index (χ1) is 12.3. The first-order valence-electron chi connectivity index (χ1n) is 8.07. The zero-order valence-electron chi connectivity index (χ0n) is 14.5. The Balaban J connectivity index is 2.23. The number of carbonyl (C=O) groups is 1. The maximum Gasteiger partial charge on any atom is 0.416 e. The second-order valence-electron chi connectivity index (χ2n) is 5.55. The summed E-state index contributed by atoms with van der Waals surface area (Å²) in [6, 6.07) is 11.2. The van der Waals surface area contributed by atoms with Crippen LogP contribution in [0, 0.1) is 0 Å². The Hall–Kier alpha value is -2.70. The highest BCUT2D eigenvalue weighted by Crippen LogP contribution is 2.31. The van der Waals surface area contributed by atoms with E-state index in [0.717, 1.165) is 12.1 Å². The van der Waals surface area contributed by atoms with Gasteiger partial charge in [0.25, 0.3) is 0 Å². The zero-order valence-corrected chi connectivity index (χ0v) is 14.5. The number of nitrogens with one attached hydrogen (secondary N) is 1. The van der Waals surface area contributed by atoms with Crippen molar-refractivity contribution in [1.82, 2.24) is 0 Å². The lowest BCUT2D eigenvalue weighted by Gasteiger charge is -2.20. The minimum Gasteiger partial charge on any atom is -0.497 e. The van der Waals surface area contributed by atoms with Gasteiger partial charge in [0, 0.05) is 5.69 Å². The molecule has 0 fully saturated rings. The van der Waals surface area contributed by atoms with Gasteiger partial charge in [-0.2, -0.15) is 13.2 Å². The van der Waals surface area contributed by atoms with E-state index < -0.39 is 23.8 Å². The van der Waals surface area contributed by atoms with Gasteiger partial charge in [0.15, 0.2) is 0 Å². The summed E-state index contributed by atoms with van der Waals surface area (Å²) < 4.78 is 48.3. The molecule has 0 aliphatic carbocycles. The molecule has 0 aliphatic heterocycles. The van der Waals surface area contributed by atoms with Gasteiger partial charge in [-0.15, -0.1) is 0 Å². The van der Waals surface area contributed by atoms with E-state index in [0.29, 0.717) is 17.0 Å².